The molecule has 2 heteroatoms. The Kier molecular flexibility index (Phi) is 3.87. The number of hydrogen-bond acceptors (Lipinski definition) is 2. The lowest BCUT2D eigenvalue weighted by atomic mass is 10.0. The summed E-state index contributed by atoms with van der Waals surface area (Å²) in [6.45, 7) is 6.29. The normalized spacial score (nSPS) is 34.4. The number of hydrogen-bond donors (Lipinski definition) is 1. The maximum atomic E-state index is 5.41. The summed E-state index contributed by atoms with van der Waals surface area (Å²) in [7, 11) is 0. The molecule has 0 aromatic carbocycles. The first-order chi connectivity index (χ1) is 5.36. The van der Waals surface area contributed by atoms with Crippen molar-refractivity contribution in [3.8, 4) is 0 Å². The van der Waals surface area contributed by atoms with E-state index in [2.05, 4.69) is 19.2 Å². The smallest absolute Gasteiger partial charge is 0.0700 e. The third-order valence-corrected chi connectivity index (χ3v) is 2.00. The van der Waals surface area contributed by atoms with Crippen LogP contribution in [0.1, 0.15) is 33.1 Å². The van der Waals surface area contributed by atoms with Crippen LogP contribution < -0.4 is 5.32 Å². The zero-order valence-electron chi connectivity index (χ0n) is 7.60. The van der Waals surface area contributed by atoms with Gasteiger partial charge in [-0.15, -0.1) is 0 Å². The fourth-order valence-electron chi connectivity index (χ4n) is 1.43. The van der Waals surface area contributed by atoms with Crippen LogP contribution in [0, 0.1) is 0 Å². The van der Waals surface area contributed by atoms with Crippen LogP contribution in [0.25, 0.3) is 0 Å². The molecule has 3 aliphatic heterocycles. The van der Waals surface area contributed by atoms with Crippen molar-refractivity contribution in [3.05, 3.63) is 0 Å². The van der Waals surface area contributed by atoms with Crippen molar-refractivity contribution in [2.75, 3.05) is 13.2 Å². The van der Waals surface area contributed by atoms with Crippen LogP contribution in [0.2, 0.25) is 0 Å². The molecule has 2 bridgehead atoms. The average molecular weight is 157 g/mol. The standard InChI is InChI=1S/C6H11NO.C3H8/c1-2-6-3-7-5(1)4-8-6;1-3-2/h5-7H,1-4H2;3H2,1-2H3. The van der Waals surface area contributed by atoms with E-state index in [-0.39, 0.29) is 0 Å². The molecule has 3 rings (SSSR count). The molecule has 0 saturated carbocycles. The summed E-state index contributed by atoms with van der Waals surface area (Å²) in [5, 5.41) is 3.39. The van der Waals surface area contributed by atoms with E-state index in [0.717, 1.165) is 13.2 Å². The van der Waals surface area contributed by atoms with Gasteiger partial charge in [0.25, 0.3) is 0 Å². The van der Waals surface area contributed by atoms with E-state index >= 15 is 0 Å². The molecule has 0 radical (unpaired) electrons. The number of morpholine rings is 1. The molecule has 2 atom stereocenters. The molecule has 3 fully saturated rings. The number of ether oxygens (including phenoxy) is 1. The second kappa shape index (κ2) is 4.73. The second-order valence-corrected chi connectivity index (χ2v) is 3.34. The number of nitrogens with one attached hydrogen (secondary N) is 1. The first-order valence-electron chi connectivity index (χ1n) is 4.71. The zero-order chi connectivity index (χ0) is 8.10. The van der Waals surface area contributed by atoms with Gasteiger partial charge in [0.2, 0.25) is 0 Å². The van der Waals surface area contributed by atoms with Crippen molar-refractivity contribution in [1.29, 1.82) is 0 Å². The van der Waals surface area contributed by atoms with Crippen LogP contribution >= 0.6 is 0 Å². The number of fused-ring (bicyclic) bond motifs is 3. The molecule has 2 unspecified atom stereocenters. The molecule has 2 nitrogen and oxygen atoms in total. The highest BCUT2D eigenvalue weighted by Crippen LogP contribution is 2.17. The van der Waals surface area contributed by atoms with Crippen LogP contribution in [0.5, 0.6) is 0 Å². The Labute approximate surface area is 69.3 Å². The van der Waals surface area contributed by atoms with E-state index in [0.29, 0.717) is 12.1 Å². The topological polar surface area (TPSA) is 21.3 Å². The van der Waals surface area contributed by atoms with Crippen molar-refractivity contribution in [2.24, 2.45) is 0 Å². The molecular formula is C9H19NO. The molecule has 0 amide bonds. The molecule has 0 aliphatic carbocycles. The van der Waals surface area contributed by atoms with Gasteiger partial charge in [0.1, 0.15) is 0 Å². The minimum absolute atomic E-state index is 0.542. The minimum Gasteiger partial charge on any atom is -0.375 e. The number of rotatable bonds is 0. The summed E-state index contributed by atoms with van der Waals surface area (Å²) in [5.41, 5.74) is 0. The second-order valence-electron chi connectivity index (χ2n) is 3.34. The van der Waals surface area contributed by atoms with Gasteiger partial charge in [-0.3, -0.25) is 0 Å². The van der Waals surface area contributed by atoms with Crippen molar-refractivity contribution in [1.82, 2.24) is 5.32 Å². The third-order valence-electron chi connectivity index (χ3n) is 2.00. The van der Waals surface area contributed by atoms with Gasteiger partial charge in [-0.2, -0.15) is 0 Å². The van der Waals surface area contributed by atoms with Gasteiger partial charge in [0.05, 0.1) is 12.7 Å². The van der Waals surface area contributed by atoms with Gasteiger partial charge in [-0.1, -0.05) is 20.3 Å². The fourth-order valence-corrected chi connectivity index (χ4v) is 1.43. The predicted octanol–water partition coefficient (Wildman–Crippen LogP) is 1.55. The van der Waals surface area contributed by atoms with Crippen molar-refractivity contribution >= 4 is 0 Å². The Morgan fingerprint density at radius 1 is 1.36 bits per heavy atom. The van der Waals surface area contributed by atoms with Crippen LogP contribution in [-0.4, -0.2) is 25.3 Å². The molecule has 1 N–H and O–H groups in total. The Bertz CT molecular complexity index is 74.7. The summed E-state index contributed by atoms with van der Waals surface area (Å²) in [5.74, 6) is 0. The molecule has 0 aromatic rings. The van der Waals surface area contributed by atoms with E-state index < -0.39 is 0 Å². The lowest BCUT2D eigenvalue weighted by molar-refractivity contribution is -0.0385. The quantitative estimate of drug-likeness (QED) is 0.576. The summed E-state index contributed by atoms with van der Waals surface area (Å²) < 4.78 is 5.41. The van der Waals surface area contributed by atoms with Gasteiger partial charge in [-0.25, -0.2) is 0 Å². The van der Waals surface area contributed by atoms with Crippen LogP contribution in [-0.2, 0) is 4.74 Å². The third kappa shape index (κ3) is 2.80. The van der Waals surface area contributed by atoms with E-state index in [9.17, 15) is 0 Å². The zero-order valence-corrected chi connectivity index (χ0v) is 7.60. The van der Waals surface area contributed by atoms with Gasteiger partial charge < -0.3 is 10.1 Å². The van der Waals surface area contributed by atoms with E-state index in [1.807, 2.05) is 0 Å². The molecule has 11 heavy (non-hydrogen) atoms. The minimum atomic E-state index is 0.542. The summed E-state index contributed by atoms with van der Waals surface area (Å²) in [6, 6.07) is 0.681. The average Bonchev–Trinajstić information content (AvgIpc) is 2.09. The number of piperidine rings is 1. The molecule has 66 valence electrons. The summed E-state index contributed by atoms with van der Waals surface area (Å²) >= 11 is 0. The molecule has 3 saturated heterocycles. The SMILES string of the molecule is C1CC2CNC1CO2.CCC. The fraction of sp³-hybridized carbons (Fsp3) is 1.00. The van der Waals surface area contributed by atoms with Crippen LogP contribution in [0.15, 0.2) is 0 Å². The molecule has 3 aliphatic rings. The molecule has 0 spiro atoms. The monoisotopic (exact) mass is 157 g/mol. The maximum absolute atomic E-state index is 5.41. The molecular weight excluding hydrogens is 138 g/mol. The summed E-state index contributed by atoms with van der Waals surface area (Å²) in [6.07, 6.45) is 4.39. The van der Waals surface area contributed by atoms with Crippen LogP contribution in [0.4, 0.5) is 0 Å². The van der Waals surface area contributed by atoms with E-state index in [4.69, 9.17) is 4.74 Å². The highest BCUT2D eigenvalue weighted by atomic mass is 16.5. The van der Waals surface area contributed by atoms with Gasteiger partial charge in [0.15, 0.2) is 0 Å². The Balaban J connectivity index is 0.000000179. The Hall–Kier alpha value is -0.0800. The largest absolute Gasteiger partial charge is 0.375 e. The van der Waals surface area contributed by atoms with Crippen molar-refractivity contribution in [3.63, 3.8) is 0 Å². The first-order valence-corrected chi connectivity index (χ1v) is 4.71. The Morgan fingerprint density at radius 3 is 2.18 bits per heavy atom. The van der Waals surface area contributed by atoms with Crippen molar-refractivity contribution < 1.29 is 4.74 Å². The molecule has 3 heterocycles. The highest BCUT2D eigenvalue weighted by Gasteiger charge is 2.26. The lowest BCUT2D eigenvalue weighted by Gasteiger charge is -2.36. The van der Waals surface area contributed by atoms with Gasteiger partial charge >= 0.3 is 0 Å². The molecule has 0 aromatic heterocycles. The first kappa shape index (κ1) is 9.01. The highest BCUT2D eigenvalue weighted by molar-refractivity contribution is 4.83. The Morgan fingerprint density at radius 2 is 2.09 bits per heavy atom. The van der Waals surface area contributed by atoms with Crippen molar-refractivity contribution in [2.45, 2.75) is 45.3 Å². The summed E-state index contributed by atoms with van der Waals surface area (Å²) in [4.78, 5) is 0. The predicted molar refractivity (Wildman–Crippen MR) is 46.7 cm³/mol. The van der Waals surface area contributed by atoms with Gasteiger partial charge in [0, 0.05) is 12.6 Å². The lowest BCUT2D eigenvalue weighted by Crippen LogP contribution is -2.51. The van der Waals surface area contributed by atoms with E-state index in [1.54, 1.807) is 0 Å². The van der Waals surface area contributed by atoms with Gasteiger partial charge in [-0.05, 0) is 12.8 Å². The van der Waals surface area contributed by atoms with Crippen LogP contribution in [0.3, 0.4) is 0 Å². The maximum Gasteiger partial charge on any atom is 0.0700 e. The van der Waals surface area contributed by atoms with E-state index in [1.165, 1.54) is 19.3 Å².